The van der Waals surface area contributed by atoms with Crippen LogP contribution in [0.2, 0.25) is 0 Å². The van der Waals surface area contributed by atoms with E-state index in [9.17, 15) is 4.79 Å². The van der Waals surface area contributed by atoms with Crippen molar-refractivity contribution >= 4 is 6.09 Å². The van der Waals surface area contributed by atoms with Crippen molar-refractivity contribution in [1.29, 1.82) is 0 Å². The zero-order chi connectivity index (χ0) is 9.10. The number of carbonyl (C=O) groups excluding carboxylic acids is 1. The predicted molar refractivity (Wildman–Crippen MR) is 46.4 cm³/mol. The van der Waals surface area contributed by atoms with Crippen molar-refractivity contribution in [3.8, 4) is 0 Å². The van der Waals surface area contributed by atoms with Crippen LogP contribution in [0.15, 0.2) is 0 Å². The summed E-state index contributed by atoms with van der Waals surface area (Å²) in [6.45, 7) is 2.37. The average molecular weight is 185 g/mol. The highest BCUT2D eigenvalue weighted by molar-refractivity contribution is 5.68. The Morgan fingerprint density at radius 1 is 1.23 bits per heavy atom. The maximum atomic E-state index is 11.0. The summed E-state index contributed by atoms with van der Waals surface area (Å²) in [4.78, 5) is 11.0. The molecule has 0 aromatic heterocycles. The monoisotopic (exact) mass is 185 g/mol. The molecule has 0 spiro atoms. The molecule has 0 aliphatic carbocycles. The van der Waals surface area contributed by atoms with Gasteiger partial charge in [0, 0.05) is 32.1 Å². The van der Waals surface area contributed by atoms with Crippen LogP contribution in [-0.2, 0) is 9.47 Å². The first-order valence-corrected chi connectivity index (χ1v) is 4.88. The largest absolute Gasteiger partial charge is 0.446 e. The van der Waals surface area contributed by atoms with Gasteiger partial charge in [0.05, 0.1) is 0 Å². The summed E-state index contributed by atoms with van der Waals surface area (Å²) < 4.78 is 10.5. The Hall–Kier alpha value is -0.770. The van der Waals surface area contributed by atoms with E-state index in [1.54, 1.807) is 0 Å². The number of nitrogens with one attached hydrogen (secondary N) is 1. The Balaban J connectivity index is 1.87. The zero-order valence-corrected chi connectivity index (χ0v) is 7.62. The van der Waals surface area contributed by atoms with Gasteiger partial charge in [0.2, 0.25) is 0 Å². The summed E-state index contributed by atoms with van der Waals surface area (Å²) in [5.74, 6) is 0.514. The highest BCUT2D eigenvalue weighted by atomic mass is 16.6. The van der Waals surface area contributed by atoms with E-state index >= 15 is 0 Å². The van der Waals surface area contributed by atoms with Crippen LogP contribution in [0.4, 0.5) is 4.79 Å². The molecule has 2 aliphatic heterocycles. The van der Waals surface area contributed by atoms with Crippen LogP contribution >= 0.6 is 0 Å². The summed E-state index contributed by atoms with van der Waals surface area (Å²) in [6, 6.07) is 0. The first-order valence-electron chi connectivity index (χ1n) is 4.88. The smallest absolute Gasteiger partial charge is 0.407 e. The lowest BCUT2D eigenvalue weighted by Gasteiger charge is -2.32. The van der Waals surface area contributed by atoms with Gasteiger partial charge in [-0.05, 0) is 12.8 Å². The second-order valence-corrected chi connectivity index (χ2v) is 3.61. The Morgan fingerprint density at radius 2 is 2.00 bits per heavy atom. The van der Waals surface area contributed by atoms with Crippen LogP contribution in [0.1, 0.15) is 19.3 Å². The molecule has 2 aliphatic rings. The van der Waals surface area contributed by atoms with Crippen molar-refractivity contribution < 1.29 is 14.3 Å². The normalized spacial score (nSPS) is 30.8. The van der Waals surface area contributed by atoms with Crippen molar-refractivity contribution in [2.75, 3.05) is 19.8 Å². The molecule has 0 aromatic carbocycles. The van der Waals surface area contributed by atoms with E-state index in [1.807, 2.05) is 0 Å². The Labute approximate surface area is 77.6 Å². The second kappa shape index (κ2) is 3.96. The fourth-order valence-corrected chi connectivity index (χ4v) is 1.97. The van der Waals surface area contributed by atoms with E-state index in [1.165, 1.54) is 0 Å². The van der Waals surface area contributed by atoms with Crippen molar-refractivity contribution in [2.45, 2.75) is 25.4 Å². The van der Waals surface area contributed by atoms with Crippen LogP contribution in [0.5, 0.6) is 0 Å². The van der Waals surface area contributed by atoms with E-state index in [0.29, 0.717) is 5.92 Å². The molecule has 13 heavy (non-hydrogen) atoms. The average Bonchev–Trinajstić information content (AvgIpc) is 2.19. The lowest BCUT2D eigenvalue weighted by molar-refractivity contribution is -0.0143. The molecule has 1 amide bonds. The van der Waals surface area contributed by atoms with E-state index < -0.39 is 0 Å². The third-order valence-electron chi connectivity index (χ3n) is 2.75. The van der Waals surface area contributed by atoms with Crippen LogP contribution in [-0.4, -0.2) is 32.0 Å². The van der Waals surface area contributed by atoms with Gasteiger partial charge in [-0.3, -0.25) is 0 Å². The Bertz CT molecular complexity index is 189. The summed E-state index contributed by atoms with van der Waals surface area (Å²) in [6.07, 6.45) is 2.85. The molecule has 2 rings (SSSR count). The number of carbonyl (C=O) groups is 1. The fourth-order valence-electron chi connectivity index (χ4n) is 1.97. The topological polar surface area (TPSA) is 47.6 Å². The molecular formula is C9H15NO3. The molecule has 2 saturated heterocycles. The molecule has 4 heteroatoms. The highest BCUT2D eigenvalue weighted by Crippen LogP contribution is 2.24. The van der Waals surface area contributed by atoms with Gasteiger partial charge in [0.15, 0.2) is 0 Å². The molecule has 0 radical (unpaired) electrons. The lowest BCUT2D eigenvalue weighted by Crippen LogP contribution is -2.42. The third kappa shape index (κ3) is 2.12. The van der Waals surface area contributed by atoms with Crippen molar-refractivity contribution in [3.05, 3.63) is 0 Å². The molecule has 4 nitrogen and oxygen atoms in total. The minimum absolute atomic E-state index is 0.123. The van der Waals surface area contributed by atoms with Gasteiger partial charge < -0.3 is 14.8 Å². The predicted octanol–water partition coefficient (Wildman–Crippen LogP) is 0.912. The maximum Gasteiger partial charge on any atom is 0.407 e. The quantitative estimate of drug-likeness (QED) is 0.660. The minimum Gasteiger partial charge on any atom is -0.446 e. The SMILES string of the molecule is O=C1NCCC(C2CCOCC2)O1. The van der Waals surface area contributed by atoms with Gasteiger partial charge in [0.1, 0.15) is 6.10 Å². The number of hydrogen-bond acceptors (Lipinski definition) is 3. The van der Waals surface area contributed by atoms with E-state index in [4.69, 9.17) is 9.47 Å². The number of amides is 1. The summed E-state index contributed by atoms with van der Waals surface area (Å²) in [5.41, 5.74) is 0. The highest BCUT2D eigenvalue weighted by Gasteiger charge is 2.29. The van der Waals surface area contributed by atoms with Gasteiger partial charge in [-0.1, -0.05) is 0 Å². The van der Waals surface area contributed by atoms with Crippen molar-refractivity contribution in [1.82, 2.24) is 5.32 Å². The maximum absolute atomic E-state index is 11.0. The molecule has 0 aromatic rings. The number of hydrogen-bond donors (Lipinski definition) is 1. The van der Waals surface area contributed by atoms with Crippen LogP contribution in [0.3, 0.4) is 0 Å². The van der Waals surface area contributed by atoms with Gasteiger partial charge >= 0.3 is 6.09 Å². The number of cyclic esters (lactones) is 1. The third-order valence-corrected chi connectivity index (χ3v) is 2.75. The van der Waals surface area contributed by atoms with E-state index in [2.05, 4.69) is 5.32 Å². The van der Waals surface area contributed by atoms with E-state index in [0.717, 1.165) is 39.0 Å². The van der Waals surface area contributed by atoms with Crippen LogP contribution < -0.4 is 5.32 Å². The lowest BCUT2D eigenvalue weighted by atomic mass is 9.91. The summed E-state index contributed by atoms with van der Waals surface area (Å²) in [7, 11) is 0. The first kappa shape index (κ1) is 8.81. The van der Waals surface area contributed by atoms with Crippen LogP contribution in [0.25, 0.3) is 0 Å². The Kier molecular flexibility index (Phi) is 2.68. The van der Waals surface area contributed by atoms with E-state index in [-0.39, 0.29) is 12.2 Å². The number of ether oxygens (including phenoxy) is 2. The Morgan fingerprint density at radius 3 is 2.69 bits per heavy atom. The van der Waals surface area contributed by atoms with Gasteiger partial charge in [-0.15, -0.1) is 0 Å². The molecule has 1 N–H and O–H groups in total. The van der Waals surface area contributed by atoms with Crippen molar-refractivity contribution in [3.63, 3.8) is 0 Å². The van der Waals surface area contributed by atoms with Crippen molar-refractivity contribution in [2.24, 2.45) is 5.92 Å². The molecule has 2 fully saturated rings. The van der Waals surface area contributed by atoms with Gasteiger partial charge in [0.25, 0.3) is 0 Å². The fraction of sp³-hybridized carbons (Fsp3) is 0.889. The molecule has 1 atom stereocenters. The first-order chi connectivity index (χ1) is 6.36. The van der Waals surface area contributed by atoms with Crippen LogP contribution in [0, 0.1) is 5.92 Å². The second-order valence-electron chi connectivity index (χ2n) is 3.61. The molecule has 74 valence electrons. The van der Waals surface area contributed by atoms with Gasteiger partial charge in [-0.2, -0.15) is 0 Å². The molecular weight excluding hydrogens is 170 g/mol. The van der Waals surface area contributed by atoms with Gasteiger partial charge in [-0.25, -0.2) is 4.79 Å². The molecule has 1 unspecified atom stereocenters. The summed E-state index contributed by atoms with van der Waals surface area (Å²) in [5, 5.41) is 2.66. The summed E-state index contributed by atoms with van der Waals surface area (Å²) >= 11 is 0. The number of rotatable bonds is 1. The number of alkyl carbamates (subject to hydrolysis) is 1. The molecule has 0 bridgehead atoms. The zero-order valence-electron chi connectivity index (χ0n) is 7.62. The minimum atomic E-state index is -0.261. The molecule has 2 heterocycles. The molecule has 0 saturated carbocycles. The standard InChI is InChI=1S/C9H15NO3/c11-9-10-4-1-8(13-9)7-2-5-12-6-3-7/h7-8H,1-6H2,(H,10,11).